The van der Waals surface area contributed by atoms with Crippen LogP contribution in [0.1, 0.15) is 32.4 Å². The molecule has 2 aromatic rings. The van der Waals surface area contributed by atoms with Gasteiger partial charge in [0.05, 0.1) is 17.7 Å². The lowest BCUT2D eigenvalue weighted by Crippen LogP contribution is -2.10. The molecule has 22 heavy (non-hydrogen) atoms. The van der Waals surface area contributed by atoms with E-state index in [2.05, 4.69) is 0 Å². The van der Waals surface area contributed by atoms with Crippen LogP contribution in [0, 0.1) is 0 Å². The van der Waals surface area contributed by atoms with Crippen molar-refractivity contribution in [3.05, 3.63) is 59.2 Å². The highest BCUT2D eigenvalue weighted by molar-refractivity contribution is 5.97. The summed E-state index contributed by atoms with van der Waals surface area (Å²) in [7, 11) is 0. The molecule has 0 aliphatic heterocycles. The van der Waals surface area contributed by atoms with E-state index in [0.717, 1.165) is 0 Å². The van der Waals surface area contributed by atoms with Crippen LogP contribution in [-0.2, 0) is 0 Å². The molecular formula is C16H14O6. The third-order valence-electron chi connectivity index (χ3n) is 3.28. The Labute approximate surface area is 125 Å². The van der Waals surface area contributed by atoms with Gasteiger partial charge in [-0.2, -0.15) is 0 Å². The Morgan fingerprint density at radius 1 is 0.955 bits per heavy atom. The lowest BCUT2D eigenvalue weighted by molar-refractivity contribution is 0.0670. The first-order valence-electron chi connectivity index (χ1n) is 6.44. The second-order valence-electron chi connectivity index (χ2n) is 4.66. The monoisotopic (exact) mass is 302 g/mol. The molecule has 0 bridgehead atoms. The molecule has 114 valence electrons. The predicted molar refractivity (Wildman–Crippen MR) is 77.8 cm³/mol. The first-order valence-corrected chi connectivity index (χ1v) is 6.44. The smallest absolute Gasteiger partial charge is 0.336 e. The molecule has 1 atom stereocenters. The molecule has 2 rings (SSSR count). The van der Waals surface area contributed by atoms with Crippen molar-refractivity contribution in [3.63, 3.8) is 0 Å². The summed E-state index contributed by atoms with van der Waals surface area (Å²) >= 11 is 0. The molecule has 0 saturated carbocycles. The van der Waals surface area contributed by atoms with Crippen LogP contribution in [0.2, 0.25) is 0 Å². The Bertz CT molecular complexity index is 722. The van der Waals surface area contributed by atoms with Crippen molar-refractivity contribution >= 4 is 11.9 Å². The van der Waals surface area contributed by atoms with Crippen LogP contribution in [0.15, 0.2) is 42.5 Å². The zero-order valence-corrected chi connectivity index (χ0v) is 11.4. The van der Waals surface area contributed by atoms with Gasteiger partial charge in [0, 0.05) is 0 Å². The maximum atomic E-state index is 11.3. The molecule has 6 nitrogen and oxygen atoms in total. The van der Waals surface area contributed by atoms with Gasteiger partial charge in [0.25, 0.3) is 0 Å². The van der Waals surface area contributed by atoms with Crippen molar-refractivity contribution in [2.45, 2.75) is 6.10 Å². The van der Waals surface area contributed by atoms with E-state index >= 15 is 0 Å². The van der Waals surface area contributed by atoms with E-state index in [1.807, 2.05) is 0 Å². The van der Waals surface area contributed by atoms with E-state index < -0.39 is 24.6 Å². The molecule has 0 heterocycles. The Kier molecular flexibility index (Phi) is 4.55. The Balaban J connectivity index is 2.63. The van der Waals surface area contributed by atoms with E-state index in [1.165, 1.54) is 24.3 Å². The van der Waals surface area contributed by atoms with Crippen molar-refractivity contribution in [2.75, 3.05) is 6.61 Å². The van der Waals surface area contributed by atoms with E-state index in [0.29, 0.717) is 11.1 Å². The molecule has 2 aromatic carbocycles. The number of hydrogen-bond acceptors (Lipinski definition) is 4. The molecule has 1 unspecified atom stereocenters. The van der Waals surface area contributed by atoms with Crippen LogP contribution in [0.4, 0.5) is 0 Å². The number of carboxylic acid groups (broad SMARTS) is 2. The van der Waals surface area contributed by atoms with Gasteiger partial charge in [-0.15, -0.1) is 0 Å². The van der Waals surface area contributed by atoms with Crippen LogP contribution in [0.5, 0.6) is 0 Å². The first kappa shape index (κ1) is 15.7. The molecule has 4 N–H and O–H groups in total. The van der Waals surface area contributed by atoms with Crippen LogP contribution in [0.3, 0.4) is 0 Å². The third kappa shape index (κ3) is 2.98. The maximum Gasteiger partial charge on any atom is 0.336 e. The number of carboxylic acids is 2. The second kappa shape index (κ2) is 6.38. The molecule has 6 heteroatoms. The normalized spacial score (nSPS) is 11.9. The number of hydrogen-bond donors (Lipinski definition) is 4. The summed E-state index contributed by atoms with van der Waals surface area (Å²) in [5, 5.41) is 37.2. The van der Waals surface area contributed by atoms with Crippen LogP contribution in [-0.4, -0.2) is 39.0 Å². The zero-order chi connectivity index (χ0) is 16.3. The number of aromatic carboxylic acids is 2. The molecular weight excluding hydrogens is 288 g/mol. The molecule has 0 saturated heterocycles. The molecule has 0 fully saturated rings. The lowest BCUT2D eigenvalue weighted by Gasteiger charge is -2.14. The fourth-order valence-corrected chi connectivity index (χ4v) is 2.22. The maximum absolute atomic E-state index is 11.3. The summed E-state index contributed by atoms with van der Waals surface area (Å²) in [6.45, 7) is -0.635. The van der Waals surface area contributed by atoms with Crippen molar-refractivity contribution in [2.24, 2.45) is 0 Å². The molecule has 0 spiro atoms. The quantitative estimate of drug-likeness (QED) is 0.669. The summed E-state index contributed by atoms with van der Waals surface area (Å²) in [6, 6.07) is 10.4. The van der Waals surface area contributed by atoms with Gasteiger partial charge in [-0.05, 0) is 34.9 Å². The van der Waals surface area contributed by atoms with Crippen molar-refractivity contribution in [1.29, 1.82) is 0 Å². The fraction of sp³-hybridized carbons (Fsp3) is 0.125. The minimum Gasteiger partial charge on any atom is -0.478 e. The van der Waals surface area contributed by atoms with Gasteiger partial charge >= 0.3 is 11.9 Å². The minimum absolute atomic E-state index is 0.0349. The van der Waals surface area contributed by atoms with Gasteiger partial charge in [-0.1, -0.05) is 24.3 Å². The second-order valence-corrected chi connectivity index (χ2v) is 4.66. The van der Waals surface area contributed by atoms with E-state index in [1.54, 1.807) is 18.2 Å². The van der Waals surface area contributed by atoms with Crippen LogP contribution >= 0.6 is 0 Å². The van der Waals surface area contributed by atoms with E-state index in [9.17, 15) is 19.8 Å². The Morgan fingerprint density at radius 2 is 1.59 bits per heavy atom. The summed E-state index contributed by atoms with van der Waals surface area (Å²) in [5.74, 6) is -2.34. The van der Waals surface area contributed by atoms with Gasteiger partial charge < -0.3 is 20.4 Å². The number of benzene rings is 2. The lowest BCUT2D eigenvalue weighted by atomic mass is 9.94. The summed E-state index contributed by atoms with van der Waals surface area (Å²) < 4.78 is 0. The molecule has 0 aliphatic rings. The van der Waals surface area contributed by atoms with Gasteiger partial charge in [0.15, 0.2) is 0 Å². The van der Waals surface area contributed by atoms with E-state index in [-0.39, 0.29) is 16.7 Å². The van der Waals surface area contributed by atoms with Crippen LogP contribution < -0.4 is 0 Å². The molecule has 0 aromatic heterocycles. The van der Waals surface area contributed by atoms with Gasteiger partial charge in [-0.25, -0.2) is 9.59 Å². The number of aliphatic hydroxyl groups excluding tert-OH is 2. The Morgan fingerprint density at radius 3 is 2.18 bits per heavy atom. The average Bonchev–Trinajstić information content (AvgIpc) is 2.53. The standard InChI is InChI=1S/C16H14O6/c17-8-14(18)13-7-9(5-6-12(13)16(21)22)10-3-1-2-4-11(10)15(19)20/h1-7,14,17-18H,8H2,(H,19,20)(H,21,22). The Hall–Kier alpha value is -2.70. The summed E-state index contributed by atoms with van der Waals surface area (Å²) in [4.78, 5) is 22.4. The zero-order valence-electron chi connectivity index (χ0n) is 11.4. The predicted octanol–water partition coefficient (Wildman–Crippen LogP) is 1.78. The number of rotatable bonds is 5. The minimum atomic E-state index is -1.36. The molecule has 0 aliphatic carbocycles. The van der Waals surface area contributed by atoms with Gasteiger partial charge in [-0.3, -0.25) is 0 Å². The van der Waals surface area contributed by atoms with Gasteiger partial charge in [0.1, 0.15) is 6.10 Å². The topological polar surface area (TPSA) is 115 Å². The molecule has 0 radical (unpaired) electrons. The SMILES string of the molecule is O=C(O)c1ccccc1-c1ccc(C(=O)O)c(C(O)CO)c1. The van der Waals surface area contributed by atoms with Crippen molar-refractivity contribution < 1.29 is 30.0 Å². The van der Waals surface area contributed by atoms with Crippen LogP contribution in [0.25, 0.3) is 11.1 Å². The van der Waals surface area contributed by atoms with Crippen molar-refractivity contribution in [1.82, 2.24) is 0 Å². The highest BCUT2D eigenvalue weighted by Gasteiger charge is 2.19. The number of aliphatic hydroxyl groups is 2. The van der Waals surface area contributed by atoms with E-state index in [4.69, 9.17) is 10.2 Å². The largest absolute Gasteiger partial charge is 0.478 e. The highest BCUT2D eigenvalue weighted by Crippen LogP contribution is 2.28. The number of carbonyl (C=O) groups is 2. The summed E-state index contributed by atoms with van der Waals surface area (Å²) in [5.41, 5.74) is 0.810. The fourth-order valence-electron chi connectivity index (χ4n) is 2.22. The molecule has 0 amide bonds. The van der Waals surface area contributed by atoms with Gasteiger partial charge in [0.2, 0.25) is 0 Å². The van der Waals surface area contributed by atoms with Crippen molar-refractivity contribution in [3.8, 4) is 11.1 Å². The first-order chi connectivity index (χ1) is 10.5. The summed E-state index contributed by atoms with van der Waals surface area (Å²) in [6.07, 6.45) is -1.36. The average molecular weight is 302 g/mol. The third-order valence-corrected chi connectivity index (χ3v) is 3.28. The highest BCUT2D eigenvalue weighted by atomic mass is 16.4.